The highest BCUT2D eigenvalue weighted by Gasteiger charge is 2.18. The van der Waals surface area contributed by atoms with E-state index in [2.05, 4.69) is 5.32 Å². The number of esters is 1. The zero-order chi connectivity index (χ0) is 20.3. The van der Waals surface area contributed by atoms with E-state index in [1.807, 2.05) is 51.1 Å². The van der Waals surface area contributed by atoms with Crippen molar-refractivity contribution in [3.05, 3.63) is 71.3 Å². The molecule has 0 saturated carbocycles. The molecule has 5 nitrogen and oxygen atoms in total. The molecule has 0 bridgehead atoms. The fourth-order valence-corrected chi connectivity index (χ4v) is 3.15. The van der Waals surface area contributed by atoms with Crippen LogP contribution in [0.4, 0.5) is 5.69 Å². The van der Waals surface area contributed by atoms with E-state index in [1.165, 1.54) is 6.07 Å². The van der Waals surface area contributed by atoms with Crippen LogP contribution in [0.25, 0.3) is 10.8 Å². The van der Waals surface area contributed by atoms with E-state index in [1.54, 1.807) is 18.2 Å². The summed E-state index contributed by atoms with van der Waals surface area (Å²) < 4.78 is 5.12. The average molecular weight is 377 g/mol. The van der Waals surface area contributed by atoms with Gasteiger partial charge in [0.1, 0.15) is 11.3 Å². The van der Waals surface area contributed by atoms with Gasteiger partial charge in [-0.2, -0.15) is 0 Å². The van der Waals surface area contributed by atoms with Gasteiger partial charge >= 0.3 is 5.97 Å². The van der Waals surface area contributed by atoms with Gasteiger partial charge in [0.25, 0.3) is 5.91 Å². The Kier molecular flexibility index (Phi) is 5.64. The summed E-state index contributed by atoms with van der Waals surface area (Å²) in [6, 6.07) is 16.2. The van der Waals surface area contributed by atoms with E-state index in [4.69, 9.17) is 4.74 Å². The zero-order valence-corrected chi connectivity index (χ0v) is 16.2. The Hall–Kier alpha value is -3.34. The second-order valence-electron chi connectivity index (χ2n) is 7.00. The second kappa shape index (κ2) is 8.13. The lowest BCUT2D eigenvalue weighted by Gasteiger charge is -2.16. The van der Waals surface area contributed by atoms with Gasteiger partial charge in [-0.3, -0.25) is 4.79 Å². The molecule has 0 saturated heterocycles. The van der Waals surface area contributed by atoms with Crippen LogP contribution < -0.4 is 5.32 Å². The lowest BCUT2D eigenvalue weighted by atomic mass is 9.98. The van der Waals surface area contributed by atoms with Crippen molar-refractivity contribution in [2.75, 3.05) is 11.9 Å². The van der Waals surface area contributed by atoms with Crippen molar-refractivity contribution in [3.8, 4) is 5.75 Å². The first-order valence-electron chi connectivity index (χ1n) is 9.15. The maximum Gasteiger partial charge on any atom is 0.342 e. The number of phenols is 1. The molecule has 0 fully saturated rings. The van der Waals surface area contributed by atoms with Gasteiger partial charge in [0, 0.05) is 11.1 Å². The molecule has 0 aliphatic carbocycles. The number of ether oxygens (including phenoxy) is 1. The molecule has 0 aromatic heterocycles. The molecule has 3 rings (SSSR count). The average Bonchev–Trinajstić information content (AvgIpc) is 2.68. The Morgan fingerprint density at radius 2 is 1.79 bits per heavy atom. The predicted molar refractivity (Wildman–Crippen MR) is 110 cm³/mol. The van der Waals surface area contributed by atoms with E-state index in [0.717, 1.165) is 22.2 Å². The van der Waals surface area contributed by atoms with Gasteiger partial charge in [-0.25, -0.2) is 4.79 Å². The standard InChI is InChI=1S/C23H23NO4/c1-14(2)17-10-6-7-15(3)21(17)24-20(25)13-28-23(27)19-12-11-16-8-4-5-9-18(16)22(19)26/h4-12,14,26H,13H2,1-3H3,(H,24,25). The molecule has 144 valence electrons. The van der Waals surface area contributed by atoms with Crippen molar-refractivity contribution in [2.24, 2.45) is 0 Å². The maximum atomic E-state index is 12.3. The van der Waals surface area contributed by atoms with Crippen LogP contribution in [0.2, 0.25) is 0 Å². The van der Waals surface area contributed by atoms with Crippen LogP contribution in [-0.2, 0) is 9.53 Å². The van der Waals surface area contributed by atoms with E-state index < -0.39 is 18.5 Å². The molecule has 0 heterocycles. The molecule has 0 aliphatic rings. The number of para-hydroxylation sites is 1. The third-order valence-electron chi connectivity index (χ3n) is 4.65. The molecule has 3 aromatic rings. The highest BCUT2D eigenvalue weighted by Crippen LogP contribution is 2.29. The molecule has 0 radical (unpaired) electrons. The summed E-state index contributed by atoms with van der Waals surface area (Å²) in [7, 11) is 0. The summed E-state index contributed by atoms with van der Waals surface area (Å²) in [6.45, 7) is 5.58. The molecule has 2 N–H and O–H groups in total. The summed E-state index contributed by atoms with van der Waals surface area (Å²) in [5, 5.41) is 14.6. The van der Waals surface area contributed by atoms with Crippen molar-refractivity contribution in [2.45, 2.75) is 26.7 Å². The molecule has 0 atom stereocenters. The molecular weight excluding hydrogens is 354 g/mol. The molecule has 0 spiro atoms. The number of hydrogen-bond acceptors (Lipinski definition) is 4. The SMILES string of the molecule is Cc1cccc(C(C)C)c1NC(=O)COC(=O)c1ccc2ccccc2c1O. The van der Waals surface area contributed by atoms with Crippen LogP contribution in [0.5, 0.6) is 5.75 Å². The highest BCUT2D eigenvalue weighted by atomic mass is 16.5. The van der Waals surface area contributed by atoms with Crippen molar-refractivity contribution in [1.29, 1.82) is 0 Å². The summed E-state index contributed by atoms with van der Waals surface area (Å²) in [5.41, 5.74) is 2.74. The molecule has 0 aliphatic heterocycles. The number of aryl methyl sites for hydroxylation is 1. The number of aromatic hydroxyl groups is 1. The van der Waals surface area contributed by atoms with Crippen molar-refractivity contribution in [3.63, 3.8) is 0 Å². The topological polar surface area (TPSA) is 75.6 Å². The minimum Gasteiger partial charge on any atom is -0.506 e. The van der Waals surface area contributed by atoms with Crippen LogP contribution >= 0.6 is 0 Å². The number of carbonyl (C=O) groups excluding carboxylic acids is 2. The Labute approximate surface area is 164 Å². The first kappa shape index (κ1) is 19.4. The predicted octanol–water partition coefficient (Wildman–Crippen LogP) is 4.77. The molecule has 28 heavy (non-hydrogen) atoms. The Morgan fingerprint density at radius 3 is 2.54 bits per heavy atom. The number of amides is 1. The van der Waals surface area contributed by atoms with E-state index >= 15 is 0 Å². The Morgan fingerprint density at radius 1 is 1.04 bits per heavy atom. The maximum absolute atomic E-state index is 12.3. The smallest absolute Gasteiger partial charge is 0.342 e. The van der Waals surface area contributed by atoms with Crippen LogP contribution in [0.3, 0.4) is 0 Å². The quantitative estimate of drug-likeness (QED) is 0.628. The molecule has 0 unspecified atom stereocenters. The van der Waals surface area contributed by atoms with Crippen molar-refractivity contribution < 1.29 is 19.4 Å². The lowest BCUT2D eigenvalue weighted by Crippen LogP contribution is -2.22. The number of nitrogens with one attached hydrogen (secondary N) is 1. The lowest BCUT2D eigenvalue weighted by molar-refractivity contribution is -0.119. The molecule has 1 amide bonds. The van der Waals surface area contributed by atoms with E-state index in [0.29, 0.717) is 5.39 Å². The first-order valence-corrected chi connectivity index (χ1v) is 9.15. The van der Waals surface area contributed by atoms with Crippen LogP contribution in [0, 0.1) is 6.92 Å². The van der Waals surface area contributed by atoms with Gasteiger partial charge in [0.15, 0.2) is 6.61 Å². The van der Waals surface area contributed by atoms with Crippen LogP contribution in [-0.4, -0.2) is 23.6 Å². The van der Waals surface area contributed by atoms with E-state index in [-0.39, 0.29) is 17.2 Å². The van der Waals surface area contributed by atoms with Gasteiger partial charge in [0.2, 0.25) is 0 Å². The number of rotatable bonds is 5. The van der Waals surface area contributed by atoms with Gasteiger partial charge in [-0.15, -0.1) is 0 Å². The number of fused-ring (bicyclic) bond motifs is 1. The highest BCUT2D eigenvalue weighted by molar-refractivity contribution is 6.02. The third-order valence-corrected chi connectivity index (χ3v) is 4.65. The van der Waals surface area contributed by atoms with Gasteiger partial charge in [-0.1, -0.05) is 62.4 Å². The van der Waals surface area contributed by atoms with Gasteiger partial charge in [0.05, 0.1) is 0 Å². The number of hydrogen-bond donors (Lipinski definition) is 2. The minimum absolute atomic E-state index is 0.0326. The zero-order valence-electron chi connectivity index (χ0n) is 16.2. The largest absolute Gasteiger partial charge is 0.506 e. The second-order valence-corrected chi connectivity index (χ2v) is 7.00. The fraction of sp³-hybridized carbons (Fsp3) is 0.217. The summed E-state index contributed by atoms with van der Waals surface area (Å²) in [4.78, 5) is 24.7. The minimum atomic E-state index is -0.743. The normalized spacial score (nSPS) is 10.9. The van der Waals surface area contributed by atoms with Crippen LogP contribution in [0.1, 0.15) is 41.3 Å². The van der Waals surface area contributed by atoms with Crippen LogP contribution in [0.15, 0.2) is 54.6 Å². The Balaban J connectivity index is 1.71. The number of carbonyl (C=O) groups is 2. The number of anilines is 1. The fourth-order valence-electron chi connectivity index (χ4n) is 3.15. The van der Waals surface area contributed by atoms with Gasteiger partial charge in [-0.05, 0) is 35.4 Å². The number of benzene rings is 3. The molecular formula is C23H23NO4. The first-order chi connectivity index (χ1) is 13.4. The number of phenolic OH excluding ortho intramolecular Hbond substituents is 1. The molecule has 5 heteroatoms. The van der Waals surface area contributed by atoms with Crippen molar-refractivity contribution in [1.82, 2.24) is 0 Å². The summed E-state index contributed by atoms with van der Waals surface area (Å²) in [6.07, 6.45) is 0. The summed E-state index contributed by atoms with van der Waals surface area (Å²) in [5.74, 6) is -1.08. The monoisotopic (exact) mass is 377 g/mol. The van der Waals surface area contributed by atoms with Crippen molar-refractivity contribution >= 4 is 28.3 Å². The Bertz CT molecular complexity index is 1040. The molecule has 3 aromatic carbocycles. The van der Waals surface area contributed by atoms with Gasteiger partial charge < -0.3 is 15.2 Å². The summed E-state index contributed by atoms with van der Waals surface area (Å²) >= 11 is 0. The van der Waals surface area contributed by atoms with E-state index in [9.17, 15) is 14.7 Å². The third kappa shape index (κ3) is 3.98.